The SMILES string of the molecule is CC(NC1CCNCC1CCCc1c[nH]c2ccc(-n3cnnc3)cc12)c1ccccc1. The number of nitrogens with zero attached hydrogens (tertiary/aromatic N) is 3. The molecule has 0 spiro atoms. The van der Waals surface area contributed by atoms with Gasteiger partial charge < -0.3 is 15.6 Å². The molecule has 1 aliphatic heterocycles. The summed E-state index contributed by atoms with van der Waals surface area (Å²) in [6.07, 6.45) is 10.4. The van der Waals surface area contributed by atoms with E-state index in [9.17, 15) is 0 Å². The predicted molar refractivity (Wildman–Crippen MR) is 129 cm³/mol. The molecular formula is C26H32N6. The van der Waals surface area contributed by atoms with E-state index >= 15 is 0 Å². The van der Waals surface area contributed by atoms with Crippen molar-refractivity contribution in [1.29, 1.82) is 0 Å². The van der Waals surface area contributed by atoms with Gasteiger partial charge in [-0.05, 0) is 80.9 Å². The van der Waals surface area contributed by atoms with E-state index in [4.69, 9.17) is 0 Å². The van der Waals surface area contributed by atoms with E-state index in [0.717, 1.165) is 25.2 Å². The summed E-state index contributed by atoms with van der Waals surface area (Å²) in [5, 5.41) is 16.7. The van der Waals surface area contributed by atoms with E-state index in [1.807, 2.05) is 4.57 Å². The van der Waals surface area contributed by atoms with E-state index in [1.165, 1.54) is 41.3 Å². The summed E-state index contributed by atoms with van der Waals surface area (Å²) < 4.78 is 1.95. The van der Waals surface area contributed by atoms with Gasteiger partial charge in [-0.15, -0.1) is 10.2 Å². The van der Waals surface area contributed by atoms with Crippen molar-refractivity contribution in [3.63, 3.8) is 0 Å². The average molecular weight is 429 g/mol. The van der Waals surface area contributed by atoms with E-state index in [-0.39, 0.29) is 0 Å². The molecule has 2 aromatic carbocycles. The van der Waals surface area contributed by atoms with Crippen LogP contribution in [0.2, 0.25) is 0 Å². The zero-order valence-electron chi connectivity index (χ0n) is 18.7. The van der Waals surface area contributed by atoms with Gasteiger partial charge in [0.25, 0.3) is 0 Å². The Morgan fingerprint density at radius 3 is 2.81 bits per heavy atom. The molecule has 3 unspecified atom stereocenters. The molecule has 3 N–H and O–H groups in total. The molecule has 0 radical (unpaired) electrons. The first kappa shape index (κ1) is 20.9. The number of hydrogen-bond acceptors (Lipinski definition) is 4. The second kappa shape index (κ2) is 9.67. The van der Waals surface area contributed by atoms with Crippen LogP contribution in [0.25, 0.3) is 16.6 Å². The second-order valence-electron chi connectivity index (χ2n) is 8.96. The lowest BCUT2D eigenvalue weighted by Gasteiger charge is -2.35. The Hall–Kier alpha value is -2.96. The van der Waals surface area contributed by atoms with Crippen LogP contribution >= 0.6 is 0 Å². The third kappa shape index (κ3) is 4.61. The molecule has 0 saturated carbocycles. The number of piperidine rings is 1. The van der Waals surface area contributed by atoms with Crippen LogP contribution in [0, 0.1) is 5.92 Å². The number of H-pyrrole nitrogens is 1. The Labute approximate surface area is 189 Å². The highest BCUT2D eigenvalue weighted by Gasteiger charge is 2.26. The Morgan fingerprint density at radius 2 is 1.97 bits per heavy atom. The van der Waals surface area contributed by atoms with Gasteiger partial charge in [0.15, 0.2) is 0 Å². The summed E-state index contributed by atoms with van der Waals surface area (Å²) in [4.78, 5) is 3.44. The molecule has 0 bridgehead atoms. The van der Waals surface area contributed by atoms with Crippen molar-refractivity contribution < 1.29 is 0 Å². The molecule has 2 aromatic heterocycles. The second-order valence-corrected chi connectivity index (χ2v) is 8.96. The van der Waals surface area contributed by atoms with Crippen molar-refractivity contribution in [3.8, 4) is 5.69 Å². The van der Waals surface area contributed by atoms with Crippen molar-refractivity contribution >= 4 is 10.9 Å². The van der Waals surface area contributed by atoms with Crippen LogP contribution in [0.4, 0.5) is 0 Å². The Kier molecular flexibility index (Phi) is 6.32. The molecule has 3 atom stereocenters. The molecule has 1 saturated heterocycles. The van der Waals surface area contributed by atoms with Gasteiger partial charge in [0, 0.05) is 34.9 Å². The van der Waals surface area contributed by atoms with Gasteiger partial charge in [-0.25, -0.2) is 0 Å². The van der Waals surface area contributed by atoms with Crippen molar-refractivity contribution in [3.05, 3.63) is 78.5 Å². The van der Waals surface area contributed by atoms with Gasteiger partial charge >= 0.3 is 0 Å². The number of benzene rings is 2. The lowest BCUT2D eigenvalue weighted by molar-refractivity contribution is 0.246. The monoisotopic (exact) mass is 428 g/mol. The normalized spacial score (nSPS) is 19.9. The van der Waals surface area contributed by atoms with E-state index in [0.29, 0.717) is 18.0 Å². The number of aromatic nitrogens is 4. The molecule has 6 heteroatoms. The molecule has 32 heavy (non-hydrogen) atoms. The molecule has 4 aromatic rings. The molecule has 166 valence electrons. The maximum Gasteiger partial charge on any atom is 0.123 e. The van der Waals surface area contributed by atoms with Crippen molar-refractivity contribution in [1.82, 2.24) is 30.4 Å². The van der Waals surface area contributed by atoms with E-state index in [1.54, 1.807) is 12.7 Å². The number of hydrogen-bond donors (Lipinski definition) is 3. The minimum absolute atomic E-state index is 0.381. The van der Waals surface area contributed by atoms with Gasteiger partial charge in [-0.3, -0.25) is 4.57 Å². The lowest BCUT2D eigenvalue weighted by atomic mass is 9.87. The van der Waals surface area contributed by atoms with Crippen LogP contribution in [0.5, 0.6) is 0 Å². The first-order valence-electron chi connectivity index (χ1n) is 11.7. The van der Waals surface area contributed by atoms with E-state index in [2.05, 4.69) is 87.5 Å². The fourth-order valence-corrected chi connectivity index (χ4v) is 5.03. The first-order valence-corrected chi connectivity index (χ1v) is 11.7. The van der Waals surface area contributed by atoms with Crippen LogP contribution in [-0.4, -0.2) is 38.9 Å². The number of aromatic amines is 1. The molecule has 5 rings (SSSR count). The third-order valence-electron chi connectivity index (χ3n) is 6.86. The summed E-state index contributed by atoms with van der Waals surface area (Å²) in [6, 6.07) is 18.2. The topological polar surface area (TPSA) is 70.6 Å². The number of nitrogens with one attached hydrogen (secondary N) is 3. The van der Waals surface area contributed by atoms with Gasteiger partial charge in [0.2, 0.25) is 0 Å². The van der Waals surface area contributed by atoms with Crippen LogP contribution in [0.3, 0.4) is 0 Å². The maximum absolute atomic E-state index is 3.93. The summed E-state index contributed by atoms with van der Waals surface area (Å²) in [5.74, 6) is 0.660. The first-order chi connectivity index (χ1) is 15.8. The standard InChI is InChI=1S/C26H32N6/c1-19(20-6-3-2-4-7-20)31-25-12-13-27-15-22(25)9-5-8-21-16-28-26-11-10-23(14-24(21)26)32-17-29-30-18-32/h2-4,6-7,10-11,14,16-19,22,25,27-28,31H,5,8-9,12-13,15H2,1H3. The molecule has 1 fully saturated rings. The van der Waals surface area contributed by atoms with Gasteiger partial charge in [0.05, 0.1) is 0 Å². The maximum atomic E-state index is 3.93. The molecule has 6 nitrogen and oxygen atoms in total. The highest BCUT2D eigenvalue weighted by atomic mass is 15.2. The zero-order valence-corrected chi connectivity index (χ0v) is 18.7. The van der Waals surface area contributed by atoms with Gasteiger partial charge in [0.1, 0.15) is 12.7 Å². The largest absolute Gasteiger partial charge is 0.361 e. The van der Waals surface area contributed by atoms with Crippen molar-refractivity contribution in [2.75, 3.05) is 13.1 Å². The molecule has 1 aliphatic rings. The third-order valence-corrected chi connectivity index (χ3v) is 6.86. The molecule has 3 heterocycles. The molecule has 0 aliphatic carbocycles. The van der Waals surface area contributed by atoms with Crippen LogP contribution in [0.1, 0.15) is 43.4 Å². The fourth-order valence-electron chi connectivity index (χ4n) is 5.03. The van der Waals surface area contributed by atoms with Crippen LogP contribution in [-0.2, 0) is 6.42 Å². The van der Waals surface area contributed by atoms with Crippen LogP contribution in [0.15, 0.2) is 67.4 Å². The Bertz CT molecular complexity index is 1120. The average Bonchev–Trinajstić information content (AvgIpc) is 3.51. The summed E-state index contributed by atoms with van der Waals surface area (Å²) >= 11 is 0. The summed E-state index contributed by atoms with van der Waals surface area (Å²) in [5.41, 5.74) is 5.04. The van der Waals surface area contributed by atoms with Crippen molar-refractivity contribution in [2.24, 2.45) is 5.92 Å². The van der Waals surface area contributed by atoms with Crippen LogP contribution < -0.4 is 10.6 Å². The molecular weight excluding hydrogens is 396 g/mol. The predicted octanol–water partition coefficient (Wildman–Crippen LogP) is 4.40. The minimum atomic E-state index is 0.381. The van der Waals surface area contributed by atoms with Gasteiger partial charge in [-0.2, -0.15) is 0 Å². The minimum Gasteiger partial charge on any atom is -0.361 e. The summed E-state index contributed by atoms with van der Waals surface area (Å²) in [6.45, 7) is 4.49. The highest BCUT2D eigenvalue weighted by molar-refractivity contribution is 5.85. The number of fused-ring (bicyclic) bond motifs is 1. The number of rotatable bonds is 8. The highest BCUT2D eigenvalue weighted by Crippen LogP contribution is 2.26. The van der Waals surface area contributed by atoms with Gasteiger partial charge in [-0.1, -0.05) is 30.3 Å². The smallest absolute Gasteiger partial charge is 0.123 e. The lowest BCUT2D eigenvalue weighted by Crippen LogP contribution is -2.48. The zero-order chi connectivity index (χ0) is 21.8. The Morgan fingerprint density at radius 1 is 1.12 bits per heavy atom. The number of aryl methyl sites for hydroxylation is 1. The quantitative estimate of drug-likeness (QED) is 0.389. The van der Waals surface area contributed by atoms with Crippen molar-refractivity contribution in [2.45, 2.75) is 44.7 Å². The van der Waals surface area contributed by atoms with E-state index < -0.39 is 0 Å². The fraction of sp³-hybridized carbons (Fsp3) is 0.385. The Balaban J connectivity index is 1.22. The summed E-state index contributed by atoms with van der Waals surface area (Å²) in [7, 11) is 0. The molecule has 0 amide bonds.